The fraction of sp³-hybridized carbons (Fsp3) is 0.382. The average molecular weight is 641 g/mol. The summed E-state index contributed by atoms with van der Waals surface area (Å²) >= 11 is 0. The van der Waals surface area contributed by atoms with E-state index in [4.69, 9.17) is 10.7 Å². The van der Waals surface area contributed by atoms with Crippen LogP contribution in [0.4, 0.5) is 8.78 Å². The number of alkyl halides is 1. The first kappa shape index (κ1) is 30.6. The SMILES string of the molecule is CC1CCC(CC(=O)C2CC(F)CN2C(=O)Cn2nc(C(N)=O)c3cc(-c4ccnnc4)ccc32)(c2nc3cc(F)ccc3[nH]2)CC1. The molecule has 2 aromatic carbocycles. The molecule has 1 aliphatic heterocycles. The quantitative estimate of drug-likeness (QED) is 0.250. The van der Waals surface area contributed by atoms with Crippen LogP contribution in [0.25, 0.3) is 33.1 Å². The van der Waals surface area contributed by atoms with E-state index >= 15 is 0 Å². The molecule has 3 N–H and O–H groups in total. The van der Waals surface area contributed by atoms with Gasteiger partial charge < -0.3 is 15.6 Å². The van der Waals surface area contributed by atoms with Gasteiger partial charge in [-0.05, 0) is 67.5 Å². The highest BCUT2D eigenvalue weighted by molar-refractivity contribution is 6.05. The maximum Gasteiger partial charge on any atom is 0.269 e. The van der Waals surface area contributed by atoms with Crippen molar-refractivity contribution in [1.82, 2.24) is 34.8 Å². The third kappa shape index (κ3) is 5.74. The predicted molar refractivity (Wildman–Crippen MR) is 169 cm³/mol. The predicted octanol–water partition coefficient (Wildman–Crippen LogP) is 4.65. The van der Waals surface area contributed by atoms with Gasteiger partial charge in [0.1, 0.15) is 24.4 Å². The lowest BCUT2D eigenvalue weighted by molar-refractivity contribution is -0.138. The Labute approximate surface area is 268 Å². The van der Waals surface area contributed by atoms with Crippen molar-refractivity contribution in [2.75, 3.05) is 6.54 Å². The van der Waals surface area contributed by atoms with Crippen molar-refractivity contribution in [2.45, 2.75) is 69.6 Å². The molecule has 0 radical (unpaired) electrons. The van der Waals surface area contributed by atoms with Gasteiger partial charge in [-0.15, -0.1) is 0 Å². The smallest absolute Gasteiger partial charge is 0.269 e. The molecule has 13 heteroatoms. The molecular formula is C34H34F2N8O3. The molecule has 1 aliphatic carbocycles. The fourth-order valence-corrected chi connectivity index (χ4v) is 7.20. The zero-order valence-electron chi connectivity index (χ0n) is 25.8. The van der Waals surface area contributed by atoms with E-state index in [2.05, 4.69) is 27.2 Å². The molecule has 2 aliphatic rings. The van der Waals surface area contributed by atoms with Crippen LogP contribution in [0, 0.1) is 11.7 Å². The Morgan fingerprint density at radius 1 is 1.06 bits per heavy atom. The van der Waals surface area contributed by atoms with Crippen LogP contribution in [0.1, 0.15) is 61.8 Å². The number of hydrogen-bond acceptors (Lipinski definition) is 7. The third-order valence-electron chi connectivity index (χ3n) is 9.82. The molecule has 4 heterocycles. The maximum atomic E-state index is 15.0. The molecule has 3 aromatic heterocycles. The summed E-state index contributed by atoms with van der Waals surface area (Å²) in [6.45, 7) is 1.64. The lowest BCUT2D eigenvalue weighted by atomic mass is 9.67. The Hall–Kier alpha value is -5.07. The van der Waals surface area contributed by atoms with E-state index in [1.54, 1.807) is 36.7 Å². The van der Waals surface area contributed by atoms with Crippen LogP contribution in [0.15, 0.2) is 54.9 Å². The van der Waals surface area contributed by atoms with Crippen molar-refractivity contribution in [3.8, 4) is 11.1 Å². The summed E-state index contributed by atoms with van der Waals surface area (Å²) < 4.78 is 30.3. The van der Waals surface area contributed by atoms with E-state index < -0.39 is 35.3 Å². The number of nitrogens with one attached hydrogen (secondary N) is 1. The molecule has 1 saturated heterocycles. The molecule has 242 valence electrons. The Kier molecular flexibility index (Phi) is 7.77. The molecule has 2 fully saturated rings. The topological polar surface area (TPSA) is 153 Å². The van der Waals surface area contributed by atoms with Crippen molar-refractivity contribution in [3.63, 3.8) is 0 Å². The molecule has 7 rings (SSSR count). The molecule has 2 amide bonds. The number of H-pyrrole nitrogens is 1. The van der Waals surface area contributed by atoms with Gasteiger partial charge >= 0.3 is 0 Å². The van der Waals surface area contributed by atoms with Crippen LogP contribution in [-0.2, 0) is 21.5 Å². The summed E-state index contributed by atoms with van der Waals surface area (Å²) in [7, 11) is 0. The molecule has 11 nitrogen and oxygen atoms in total. The molecule has 0 spiro atoms. The Balaban J connectivity index is 1.15. The number of nitrogens with zero attached hydrogens (tertiary/aromatic N) is 6. The number of halogens is 2. The summed E-state index contributed by atoms with van der Waals surface area (Å²) in [6.07, 6.45) is 4.89. The molecule has 47 heavy (non-hydrogen) atoms. The number of likely N-dealkylation sites (tertiary alicyclic amines) is 1. The number of carbonyl (C=O) groups excluding carboxylic acids is 3. The molecule has 1 saturated carbocycles. The molecule has 2 atom stereocenters. The summed E-state index contributed by atoms with van der Waals surface area (Å²) in [5.41, 5.74) is 8.19. The monoisotopic (exact) mass is 640 g/mol. The molecular weight excluding hydrogens is 606 g/mol. The number of aromatic nitrogens is 6. The van der Waals surface area contributed by atoms with Crippen LogP contribution in [0.2, 0.25) is 0 Å². The van der Waals surface area contributed by atoms with Gasteiger partial charge in [0.2, 0.25) is 5.91 Å². The second-order valence-corrected chi connectivity index (χ2v) is 13.0. The summed E-state index contributed by atoms with van der Waals surface area (Å²) in [5, 5.41) is 12.5. The highest BCUT2D eigenvalue weighted by Gasteiger charge is 2.46. The highest BCUT2D eigenvalue weighted by Crippen LogP contribution is 2.44. The van der Waals surface area contributed by atoms with Crippen molar-refractivity contribution < 1.29 is 23.2 Å². The van der Waals surface area contributed by atoms with E-state index in [1.165, 1.54) is 21.7 Å². The number of imidazole rings is 1. The number of amides is 2. The van der Waals surface area contributed by atoms with Crippen LogP contribution >= 0.6 is 0 Å². The minimum absolute atomic E-state index is 0.00623. The average Bonchev–Trinajstić information content (AvgIpc) is 3.77. The van der Waals surface area contributed by atoms with Crippen LogP contribution in [0.5, 0.6) is 0 Å². The van der Waals surface area contributed by atoms with Gasteiger partial charge in [0.25, 0.3) is 5.91 Å². The number of aromatic amines is 1. The van der Waals surface area contributed by atoms with Gasteiger partial charge in [0.05, 0.1) is 41.5 Å². The van der Waals surface area contributed by atoms with Gasteiger partial charge in [-0.25, -0.2) is 13.8 Å². The number of rotatable bonds is 8. The number of benzene rings is 2. The number of ketones is 1. The summed E-state index contributed by atoms with van der Waals surface area (Å²) in [6, 6.07) is 10.5. The maximum absolute atomic E-state index is 15.0. The van der Waals surface area contributed by atoms with Gasteiger partial charge in [0.15, 0.2) is 11.5 Å². The first-order valence-corrected chi connectivity index (χ1v) is 15.8. The number of Topliss-reactive ketones (excluding diaryl/α,β-unsaturated/α-hetero) is 1. The summed E-state index contributed by atoms with van der Waals surface area (Å²) in [5.74, 6) is -0.784. The Bertz CT molecular complexity index is 2000. The van der Waals surface area contributed by atoms with Crippen molar-refractivity contribution >= 4 is 39.5 Å². The van der Waals surface area contributed by atoms with E-state index in [9.17, 15) is 23.2 Å². The van der Waals surface area contributed by atoms with Gasteiger partial charge in [-0.2, -0.15) is 15.3 Å². The van der Waals surface area contributed by atoms with Crippen molar-refractivity contribution in [2.24, 2.45) is 11.7 Å². The minimum atomic E-state index is -1.36. The number of nitrogens with two attached hydrogens (primary N) is 1. The van der Waals surface area contributed by atoms with E-state index in [-0.39, 0.29) is 37.4 Å². The minimum Gasteiger partial charge on any atom is -0.364 e. The second kappa shape index (κ2) is 11.9. The van der Waals surface area contributed by atoms with Crippen molar-refractivity contribution in [1.29, 1.82) is 0 Å². The number of carbonyl (C=O) groups is 3. The normalized spacial score (nSPS) is 23.0. The molecule has 2 unspecified atom stereocenters. The van der Waals surface area contributed by atoms with Crippen LogP contribution in [-0.4, -0.2) is 71.2 Å². The number of hydrogen-bond donors (Lipinski definition) is 2. The zero-order chi connectivity index (χ0) is 32.9. The van der Waals surface area contributed by atoms with E-state index in [1.807, 2.05) is 6.07 Å². The Morgan fingerprint density at radius 3 is 2.62 bits per heavy atom. The number of primary amides is 1. The molecule has 0 bridgehead atoms. The fourth-order valence-electron chi connectivity index (χ4n) is 7.20. The standard InChI is InChI=1S/C34H34F2N8O3/c1-19-6-9-34(10-7-19,33-40-25-4-3-22(35)13-26(25)41-33)15-29(45)28-14-23(36)17-43(28)30(46)18-44-27-5-2-20(21-8-11-38-39-16-21)12-24(27)31(42-44)32(37)47/h2-5,8,11-13,16,19,23,28H,6-7,9-10,14-15,17-18H2,1H3,(H2,37,47)(H,40,41). The lowest BCUT2D eigenvalue weighted by Crippen LogP contribution is -2.45. The Morgan fingerprint density at radius 2 is 1.87 bits per heavy atom. The number of fused-ring (bicyclic) bond motifs is 2. The lowest BCUT2D eigenvalue weighted by Gasteiger charge is -2.38. The van der Waals surface area contributed by atoms with Gasteiger partial charge in [-0.1, -0.05) is 13.0 Å². The van der Waals surface area contributed by atoms with Gasteiger partial charge in [-0.3, -0.25) is 19.1 Å². The van der Waals surface area contributed by atoms with E-state index in [0.29, 0.717) is 46.5 Å². The third-order valence-corrected chi connectivity index (χ3v) is 9.82. The first-order valence-electron chi connectivity index (χ1n) is 15.8. The zero-order valence-corrected chi connectivity index (χ0v) is 25.8. The first-order chi connectivity index (χ1) is 22.6. The largest absolute Gasteiger partial charge is 0.364 e. The van der Waals surface area contributed by atoms with E-state index in [0.717, 1.165) is 24.0 Å². The second-order valence-electron chi connectivity index (χ2n) is 13.0. The highest BCUT2D eigenvalue weighted by atomic mass is 19.1. The van der Waals surface area contributed by atoms with Crippen LogP contribution in [0.3, 0.4) is 0 Å². The van der Waals surface area contributed by atoms with Gasteiger partial charge in [0, 0.05) is 35.3 Å². The van der Waals surface area contributed by atoms with Crippen LogP contribution < -0.4 is 5.73 Å². The van der Waals surface area contributed by atoms with Crippen molar-refractivity contribution in [3.05, 3.63) is 72.2 Å². The summed E-state index contributed by atoms with van der Waals surface area (Å²) in [4.78, 5) is 49.5. The molecule has 5 aromatic rings.